The molecule has 9 N–H and O–H groups in total. The minimum atomic E-state index is -4.71. The van der Waals surface area contributed by atoms with E-state index in [0.29, 0.717) is 89.4 Å². The van der Waals surface area contributed by atoms with E-state index in [1.54, 1.807) is 48.6 Å². The van der Waals surface area contributed by atoms with Crippen LogP contribution in [-0.2, 0) is 40.5 Å². The first-order valence-electron chi connectivity index (χ1n) is 20.1. The third kappa shape index (κ3) is 9.02. The second-order valence-corrected chi connectivity index (χ2v) is 21.1. The lowest BCUT2D eigenvalue weighted by Crippen LogP contribution is -2.15. The van der Waals surface area contributed by atoms with Crippen LogP contribution < -0.4 is 11.1 Å². The fourth-order valence-electron chi connectivity index (χ4n) is 8.06. The summed E-state index contributed by atoms with van der Waals surface area (Å²) in [6, 6.07) is 27.7. The SMILES string of the molecule is NCCNc1cc(-c2c3nc(c(-c4ccc(S(=O)(=O)O)cc4)c4ccc([nH]4)c(-c4ccc(S(=O)(=O)O)cc4)c4nc(c(-c5ccc(S(=O)(=O)O)cc5)c5ccc2[nH]5)C=C4)C=C3)ccc1S(=O)(=O)O. The number of nitrogens with zero attached hydrogens (tertiary/aromatic N) is 2. The van der Waals surface area contributed by atoms with Crippen LogP contribution in [0.1, 0.15) is 22.8 Å². The van der Waals surface area contributed by atoms with Crippen molar-refractivity contribution in [3.05, 3.63) is 138 Å². The van der Waals surface area contributed by atoms with E-state index in [4.69, 9.17) is 15.7 Å². The quantitative estimate of drug-likeness (QED) is 0.0576. The highest BCUT2D eigenvalue weighted by Crippen LogP contribution is 2.40. The van der Waals surface area contributed by atoms with E-state index < -0.39 is 45.4 Å². The van der Waals surface area contributed by atoms with Crippen molar-refractivity contribution in [3.63, 3.8) is 0 Å². The molecule has 9 rings (SSSR count). The minimum Gasteiger partial charge on any atom is -0.383 e. The molecule has 0 spiro atoms. The molecule has 8 bridgehead atoms. The lowest BCUT2D eigenvalue weighted by atomic mass is 10.0. The van der Waals surface area contributed by atoms with Crippen LogP contribution in [-0.4, -0.2) is 84.9 Å². The Kier molecular flexibility index (Phi) is 11.6. The van der Waals surface area contributed by atoms with Gasteiger partial charge in [-0.3, -0.25) is 18.2 Å². The smallest absolute Gasteiger partial charge is 0.296 e. The van der Waals surface area contributed by atoms with E-state index in [2.05, 4.69) is 15.3 Å². The van der Waals surface area contributed by atoms with Gasteiger partial charge >= 0.3 is 0 Å². The summed E-state index contributed by atoms with van der Waals surface area (Å²) in [5, 5.41) is 2.97. The predicted molar refractivity (Wildman–Crippen MR) is 257 cm³/mol. The molecule has 0 amide bonds. The molecular formula is C46H36N6O12S4. The summed E-state index contributed by atoms with van der Waals surface area (Å²) in [5.74, 6) is 0. The van der Waals surface area contributed by atoms with Crippen LogP contribution in [0.5, 0.6) is 0 Å². The fraction of sp³-hybridized carbons (Fsp3) is 0.0435. The maximum absolute atomic E-state index is 12.5. The van der Waals surface area contributed by atoms with E-state index in [1.807, 2.05) is 0 Å². The average molecular weight is 993 g/mol. The van der Waals surface area contributed by atoms with Crippen LogP contribution in [0.2, 0.25) is 0 Å². The highest BCUT2D eigenvalue weighted by atomic mass is 32.2. The zero-order valence-corrected chi connectivity index (χ0v) is 38.1. The molecule has 0 atom stereocenters. The van der Waals surface area contributed by atoms with Crippen molar-refractivity contribution < 1.29 is 51.9 Å². The van der Waals surface area contributed by atoms with Gasteiger partial charge in [-0.25, -0.2) is 9.97 Å². The van der Waals surface area contributed by atoms with E-state index >= 15 is 0 Å². The number of anilines is 1. The van der Waals surface area contributed by atoms with Gasteiger partial charge in [-0.15, -0.1) is 0 Å². The predicted octanol–water partition coefficient (Wildman–Crippen LogP) is 7.68. The van der Waals surface area contributed by atoms with E-state index in [1.165, 1.54) is 91.0 Å². The number of benzene rings is 4. The summed E-state index contributed by atoms with van der Waals surface area (Å²) in [6.07, 6.45) is 6.90. The maximum atomic E-state index is 12.5. The first kappa shape index (κ1) is 46.0. The van der Waals surface area contributed by atoms with Crippen LogP contribution in [0, 0.1) is 0 Å². The third-order valence-corrected chi connectivity index (χ3v) is 14.6. The Balaban J connectivity index is 1.44. The molecule has 7 aromatic rings. The van der Waals surface area contributed by atoms with Gasteiger partial charge in [0, 0.05) is 57.4 Å². The molecule has 0 fully saturated rings. The zero-order valence-electron chi connectivity index (χ0n) is 34.9. The molecule has 0 saturated heterocycles. The molecule has 68 heavy (non-hydrogen) atoms. The Hall–Kier alpha value is -7.12. The van der Waals surface area contributed by atoms with Gasteiger partial charge in [-0.2, -0.15) is 33.7 Å². The summed E-state index contributed by atoms with van der Waals surface area (Å²) in [7, 11) is -18.4. The van der Waals surface area contributed by atoms with Crippen LogP contribution in [0.25, 0.3) is 90.9 Å². The van der Waals surface area contributed by atoms with Crippen molar-refractivity contribution in [1.82, 2.24) is 19.9 Å². The van der Waals surface area contributed by atoms with Crippen LogP contribution in [0.4, 0.5) is 5.69 Å². The molecular weight excluding hydrogens is 957 g/mol. The summed E-state index contributed by atoms with van der Waals surface area (Å²) >= 11 is 0. The van der Waals surface area contributed by atoms with Crippen molar-refractivity contribution in [2.24, 2.45) is 5.73 Å². The number of rotatable bonds is 11. The largest absolute Gasteiger partial charge is 0.383 e. The molecule has 0 unspecified atom stereocenters. The number of aromatic nitrogens is 4. The summed E-state index contributed by atoms with van der Waals surface area (Å²) < 4.78 is 137. The lowest BCUT2D eigenvalue weighted by Gasteiger charge is -2.13. The monoisotopic (exact) mass is 992 g/mol. The molecule has 346 valence electrons. The van der Waals surface area contributed by atoms with Crippen molar-refractivity contribution in [3.8, 4) is 44.5 Å². The lowest BCUT2D eigenvalue weighted by molar-refractivity contribution is 0.481. The van der Waals surface area contributed by atoms with Crippen molar-refractivity contribution in [2.45, 2.75) is 19.6 Å². The number of H-pyrrole nitrogens is 2. The number of hydrogen-bond donors (Lipinski definition) is 8. The molecule has 18 nitrogen and oxygen atoms in total. The van der Waals surface area contributed by atoms with E-state index in [9.17, 15) is 51.9 Å². The van der Waals surface area contributed by atoms with Crippen LogP contribution in [0.15, 0.2) is 135 Å². The van der Waals surface area contributed by atoms with Gasteiger partial charge in [-0.1, -0.05) is 42.5 Å². The molecule has 3 aromatic heterocycles. The first-order valence-corrected chi connectivity index (χ1v) is 25.9. The number of aromatic amines is 2. The van der Waals surface area contributed by atoms with Gasteiger partial charge in [0.1, 0.15) is 4.90 Å². The van der Waals surface area contributed by atoms with Gasteiger partial charge in [0.2, 0.25) is 0 Å². The molecule has 22 heteroatoms. The number of hydrogen-bond acceptors (Lipinski definition) is 12. The number of nitrogens with two attached hydrogens (primary N) is 1. The van der Waals surface area contributed by atoms with Crippen LogP contribution in [0.3, 0.4) is 0 Å². The second kappa shape index (κ2) is 17.2. The van der Waals surface area contributed by atoms with E-state index in [0.717, 1.165) is 0 Å². The normalized spacial score (nSPS) is 13.0. The molecule has 2 aliphatic heterocycles. The topological polar surface area (TPSA) is 313 Å². The minimum absolute atomic E-state index is 0.0538. The average Bonchev–Trinajstić information content (AvgIpc) is 4.13. The van der Waals surface area contributed by atoms with Crippen molar-refractivity contribution >= 4 is 92.5 Å². The standard InChI is InChI=1S/C46H36N6O12S4/c47-23-24-48-41-25-29(7-22-42(41)68(62,63)64)46-39-20-18-37(51-39)44(27-3-10-31(11-4-27)66(56,57)58)35-16-14-33(49-35)43(26-1-8-30(9-2-26)65(53,54)55)34-15-17-36(50-34)45(38-19-21-40(46)52-38)28-5-12-32(13-6-28)67(59,60)61/h1-22,25,48-49,52H,23-24,47H2,(H,53,54,55)(H,56,57,58)(H,59,60,61)(H,62,63,64). The van der Waals surface area contributed by atoms with E-state index in [-0.39, 0.29) is 33.5 Å². The highest BCUT2D eigenvalue weighted by Gasteiger charge is 2.23. The van der Waals surface area contributed by atoms with Gasteiger partial charge < -0.3 is 21.0 Å². The first-order chi connectivity index (χ1) is 32.2. The molecule has 5 heterocycles. The summed E-state index contributed by atoms with van der Waals surface area (Å²) in [4.78, 5) is 15.7. The Labute approximate surface area is 388 Å². The van der Waals surface area contributed by atoms with Crippen LogP contribution >= 0.6 is 0 Å². The molecule has 0 aliphatic carbocycles. The Bertz CT molecular complexity index is 3850. The van der Waals surface area contributed by atoms with Gasteiger partial charge in [0.05, 0.1) is 43.1 Å². The van der Waals surface area contributed by atoms with Crippen molar-refractivity contribution in [2.75, 3.05) is 18.4 Å². The van der Waals surface area contributed by atoms with Crippen molar-refractivity contribution in [1.29, 1.82) is 0 Å². The Morgan fingerprint density at radius 3 is 1.03 bits per heavy atom. The summed E-state index contributed by atoms with van der Waals surface area (Å²) in [5.41, 5.74) is 12.9. The maximum Gasteiger partial charge on any atom is 0.296 e. The Morgan fingerprint density at radius 2 is 0.735 bits per heavy atom. The molecule has 0 saturated carbocycles. The number of nitrogens with one attached hydrogen (secondary N) is 3. The number of fused-ring (bicyclic) bond motifs is 8. The fourth-order valence-corrected chi connectivity index (χ4v) is 10.1. The van der Waals surface area contributed by atoms with Gasteiger partial charge in [0.25, 0.3) is 40.5 Å². The molecule has 4 aromatic carbocycles. The third-order valence-electron chi connectivity index (χ3n) is 11.1. The zero-order chi connectivity index (χ0) is 48.3. The second-order valence-electron chi connectivity index (χ2n) is 15.4. The summed E-state index contributed by atoms with van der Waals surface area (Å²) in [6.45, 7) is 0.280. The highest BCUT2D eigenvalue weighted by molar-refractivity contribution is 7.86. The Morgan fingerprint density at radius 1 is 0.426 bits per heavy atom. The molecule has 2 aliphatic rings. The molecule has 0 radical (unpaired) electrons. The van der Waals surface area contributed by atoms with Gasteiger partial charge in [-0.05, 0) is 119 Å². The van der Waals surface area contributed by atoms with Gasteiger partial charge in [0.15, 0.2) is 0 Å².